The van der Waals surface area contributed by atoms with Crippen molar-refractivity contribution in [1.82, 2.24) is 20.9 Å². The van der Waals surface area contributed by atoms with E-state index in [4.69, 9.17) is 4.74 Å². The van der Waals surface area contributed by atoms with E-state index in [1.165, 1.54) is 5.56 Å². The zero-order valence-electron chi connectivity index (χ0n) is 17.5. The van der Waals surface area contributed by atoms with Gasteiger partial charge in [0.25, 0.3) is 0 Å². The van der Waals surface area contributed by atoms with Gasteiger partial charge in [0.05, 0.1) is 13.2 Å². The molecule has 1 aromatic rings. The number of guanidine groups is 1. The van der Waals surface area contributed by atoms with Crippen LogP contribution in [0.2, 0.25) is 0 Å². The fraction of sp³-hybridized carbons (Fsp3) is 0.619. The van der Waals surface area contributed by atoms with Crippen LogP contribution in [0.3, 0.4) is 0 Å². The van der Waals surface area contributed by atoms with Gasteiger partial charge in [-0.05, 0) is 43.4 Å². The Morgan fingerprint density at radius 3 is 2.79 bits per heavy atom. The summed E-state index contributed by atoms with van der Waals surface area (Å²) in [5.74, 6) is 1.85. The van der Waals surface area contributed by atoms with Crippen molar-refractivity contribution in [2.24, 2.45) is 4.99 Å². The molecule has 2 rings (SSSR count). The summed E-state index contributed by atoms with van der Waals surface area (Å²) in [7, 11) is 3.48. The summed E-state index contributed by atoms with van der Waals surface area (Å²) in [4.78, 5) is 18.0. The SMILES string of the molecule is CCCOc1cccc(CCNC(=NC)NC2CCN(CC(=O)NC)CC2)c1. The Kier molecular flexibility index (Phi) is 9.62. The molecule has 0 spiro atoms. The van der Waals surface area contributed by atoms with Crippen molar-refractivity contribution in [3.8, 4) is 5.75 Å². The number of rotatable bonds is 9. The van der Waals surface area contributed by atoms with Crippen molar-refractivity contribution in [2.75, 3.05) is 46.9 Å². The smallest absolute Gasteiger partial charge is 0.233 e. The number of carbonyl (C=O) groups excluding carboxylic acids is 1. The van der Waals surface area contributed by atoms with E-state index in [2.05, 4.69) is 44.9 Å². The number of nitrogens with zero attached hydrogens (tertiary/aromatic N) is 2. The fourth-order valence-corrected chi connectivity index (χ4v) is 3.24. The van der Waals surface area contributed by atoms with Gasteiger partial charge in [0.2, 0.25) is 5.91 Å². The van der Waals surface area contributed by atoms with Gasteiger partial charge in [0, 0.05) is 39.8 Å². The molecule has 0 atom stereocenters. The first kappa shape index (κ1) is 22.0. The maximum atomic E-state index is 11.5. The molecule has 1 fully saturated rings. The van der Waals surface area contributed by atoms with Crippen LogP contribution in [0.4, 0.5) is 0 Å². The van der Waals surface area contributed by atoms with Crippen molar-refractivity contribution >= 4 is 11.9 Å². The van der Waals surface area contributed by atoms with Gasteiger partial charge in [-0.15, -0.1) is 0 Å². The summed E-state index contributed by atoms with van der Waals surface area (Å²) < 4.78 is 5.70. The summed E-state index contributed by atoms with van der Waals surface area (Å²) >= 11 is 0. The van der Waals surface area contributed by atoms with E-state index in [1.807, 2.05) is 12.1 Å². The average Bonchev–Trinajstić information content (AvgIpc) is 2.73. The van der Waals surface area contributed by atoms with Crippen LogP contribution in [0.1, 0.15) is 31.7 Å². The molecule has 1 amide bonds. The lowest BCUT2D eigenvalue weighted by atomic mass is 10.1. The third-order valence-electron chi connectivity index (χ3n) is 4.88. The molecular formula is C21H35N5O2. The number of likely N-dealkylation sites (N-methyl/N-ethyl adjacent to an activating group) is 1. The first-order valence-corrected chi connectivity index (χ1v) is 10.3. The quantitative estimate of drug-likeness (QED) is 0.440. The Balaban J connectivity index is 1.70. The second-order valence-corrected chi connectivity index (χ2v) is 7.11. The Bertz CT molecular complexity index is 627. The number of ether oxygens (including phenoxy) is 1. The molecule has 0 radical (unpaired) electrons. The lowest BCUT2D eigenvalue weighted by molar-refractivity contribution is -0.122. The van der Waals surface area contributed by atoms with Crippen molar-refractivity contribution < 1.29 is 9.53 Å². The highest BCUT2D eigenvalue weighted by Gasteiger charge is 2.21. The molecule has 0 aromatic heterocycles. The van der Waals surface area contributed by atoms with Gasteiger partial charge in [-0.25, -0.2) is 0 Å². The summed E-state index contributed by atoms with van der Waals surface area (Å²) in [6, 6.07) is 8.66. The molecule has 0 aliphatic carbocycles. The molecule has 0 unspecified atom stereocenters. The van der Waals surface area contributed by atoms with Crippen molar-refractivity contribution in [2.45, 2.75) is 38.6 Å². The Morgan fingerprint density at radius 2 is 2.11 bits per heavy atom. The highest BCUT2D eigenvalue weighted by atomic mass is 16.5. The van der Waals surface area contributed by atoms with E-state index in [1.54, 1.807) is 14.1 Å². The first-order chi connectivity index (χ1) is 13.6. The van der Waals surface area contributed by atoms with Crippen molar-refractivity contribution in [1.29, 1.82) is 0 Å². The lowest BCUT2D eigenvalue weighted by Crippen LogP contribution is -2.50. The Labute approximate surface area is 168 Å². The Morgan fingerprint density at radius 1 is 1.32 bits per heavy atom. The number of hydrogen-bond acceptors (Lipinski definition) is 4. The predicted octanol–water partition coefficient (Wildman–Crippen LogP) is 1.39. The third-order valence-corrected chi connectivity index (χ3v) is 4.88. The van der Waals surface area contributed by atoms with Crippen molar-refractivity contribution in [3.05, 3.63) is 29.8 Å². The predicted molar refractivity (Wildman–Crippen MR) is 114 cm³/mol. The number of aliphatic imine (C=N–C) groups is 1. The van der Waals surface area contributed by atoms with E-state index >= 15 is 0 Å². The van der Waals surface area contributed by atoms with Crippen LogP contribution in [0.5, 0.6) is 5.75 Å². The van der Waals surface area contributed by atoms with E-state index in [0.29, 0.717) is 12.6 Å². The number of amides is 1. The standard InChI is InChI=1S/C21H35N5O2/c1-4-14-28-19-7-5-6-17(15-19)8-11-24-21(23-3)25-18-9-12-26(13-10-18)16-20(27)22-2/h5-7,15,18H,4,8-14,16H2,1-3H3,(H,22,27)(H2,23,24,25). The second-order valence-electron chi connectivity index (χ2n) is 7.11. The first-order valence-electron chi connectivity index (χ1n) is 10.3. The molecule has 1 aromatic carbocycles. The molecule has 28 heavy (non-hydrogen) atoms. The second kappa shape index (κ2) is 12.2. The van der Waals surface area contributed by atoms with Gasteiger partial charge in [-0.2, -0.15) is 0 Å². The number of nitrogens with one attached hydrogen (secondary N) is 3. The van der Waals surface area contributed by atoms with Crippen LogP contribution in [0, 0.1) is 0 Å². The molecule has 0 bridgehead atoms. The normalized spacial score (nSPS) is 15.9. The summed E-state index contributed by atoms with van der Waals surface area (Å²) in [6.07, 6.45) is 3.94. The van der Waals surface area contributed by atoms with Crippen LogP contribution in [0.15, 0.2) is 29.3 Å². The molecular weight excluding hydrogens is 354 g/mol. The van der Waals surface area contributed by atoms with Gasteiger partial charge >= 0.3 is 0 Å². The summed E-state index contributed by atoms with van der Waals surface area (Å²) in [6.45, 7) is 6.00. The highest BCUT2D eigenvalue weighted by molar-refractivity contribution is 5.80. The minimum Gasteiger partial charge on any atom is -0.494 e. The number of piperidine rings is 1. The van der Waals surface area contributed by atoms with Gasteiger partial charge in [-0.1, -0.05) is 19.1 Å². The van der Waals surface area contributed by atoms with Gasteiger partial charge in [0.1, 0.15) is 5.75 Å². The number of hydrogen-bond donors (Lipinski definition) is 3. The van der Waals surface area contributed by atoms with Gasteiger partial charge in [-0.3, -0.25) is 14.7 Å². The van der Waals surface area contributed by atoms with Gasteiger partial charge < -0.3 is 20.7 Å². The van der Waals surface area contributed by atoms with Crippen LogP contribution in [0.25, 0.3) is 0 Å². The van der Waals surface area contributed by atoms with E-state index < -0.39 is 0 Å². The summed E-state index contributed by atoms with van der Waals surface area (Å²) in [5.41, 5.74) is 1.25. The number of likely N-dealkylation sites (tertiary alicyclic amines) is 1. The number of benzene rings is 1. The topological polar surface area (TPSA) is 78.0 Å². The van der Waals surface area contributed by atoms with Crippen LogP contribution >= 0.6 is 0 Å². The fourth-order valence-electron chi connectivity index (χ4n) is 3.24. The van der Waals surface area contributed by atoms with E-state index in [-0.39, 0.29) is 5.91 Å². The largest absolute Gasteiger partial charge is 0.494 e. The highest BCUT2D eigenvalue weighted by Crippen LogP contribution is 2.14. The Hall–Kier alpha value is -2.28. The average molecular weight is 390 g/mol. The van der Waals surface area contributed by atoms with Crippen LogP contribution in [-0.2, 0) is 11.2 Å². The monoisotopic (exact) mass is 389 g/mol. The molecule has 3 N–H and O–H groups in total. The maximum Gasteiger partial charge on any atom is 0.233 e. The molecule has 1 heterocycles. The van der Waals surface area contributed by atoms with Crippen molar-refractivity contribution in [3.63, 3.8) is 0 Å². The van der Waals surface area contributed by atoms with Crippen LogP contribution in [-0.4, -0.2) is 69.7 Å². The minimum atomic E-state index is 0.0769. The zero-order chi connectivity index (χ0) is 20.2. The zero-order valence-corrected chi connectivity index (χ0v) is 17.5. The molecule has 1 aliphatic rings. The third kappa shape index (κ3) is 7.76. The minimum absolute atomic E-state index is 0.0769. The van der Waals surface area contributed by atoms with Gasteiger partial charge in [0.15, 0.2) is 5.96 Å². The lowest BCUT2D eigenvalue weighted by Gasteiger charge is -2.32. The summed E-state index contributed by atoms with van der Waals surface area (Å²) in [5, 5.41) is 9.59. The molecule has 0 saturated carbocycles. The molecule has 7 heteroatoms. The van der Waals surface area contributed by atoms with E-state index in [0.717, 1.165) is 63.6 Å². The van der Waals surface area contributed by atoms with E-state index in [9.17, 15) is 4.79 Å². The maximum absolute atomic E-state index is 11.5. The number of carbonyl (C=O) groups is 1. The molecule has 156 valence electrons. The van der Waals surface area contributed by atoms with Crippen LogP contribution < -0.4 is 20.7 Å². The molecule has 1 saturated heterocycles. The molecule has 7 nitrogen and oxygen atoms in total. The molecule has 1 aliphatic heterocycles.